The summed E-state index contributed by atoms with van der Waals surface area (Å²) in [4.78, 5) is 27.3. The molecule has 2 aliphatic carbocycles. The number of carbonyl (C=O) groups excluding carboxylic acids is 2. The molecule has 264 valence electrons. The van der Waals surface area contributed by atoms with Crippen molar-refractivity contribution >= 4 is 21.7 Å². The third-order valence-corrected chi connectivity index (χ3v) is 12.9. The van der Waals surface area contributed by atoms with Crippen LogP contribution in [-0.2, 0) is 41.0 Å². The number of methoxy groups -OCH3 is 1. The van der Waals surface area contributed by atoms with Gasteiger partial charge >= 0.3 is 24.0 Å². The fraction of sp³-hybridized carbons (Fsp3) is 0.485. The fourth-order valence-electron chi connectivity index (χ4n) is 7.86. The molecule has 0 bridgehead atoms. The lowest BCUT2D eigenvalue weighted by atomic mass is 9.76. The largest absolute Gasteiger partial charge is 0.469 e. The van der Waals surface area contributed by atoms with Gasteiger partial charge < -0.3 is 14.2 Å². The average molecular weight is 717 g/mol. The number of fused-ring (bicyclic) bond motifs is 3. The summed E-state index contributed by atoms with van der Waals surface area (Å²) in [5.41, 5.74) is -6.54. The summed E-state index contributed by atoms with van der Waals surface area (Å²) >= 11 is 0. The van der Waals surface area contributed by atoms with Crippen LogP contribution in [0.4, 0.5) is 30.7 Å². The Kier molecular flexibility index (Phi) is 8.64. The van der Waals surface area contributed by atoms with Crippen molar-refractivity contribution < 1.29 is 58.0 Å². The molecule has 1 amide bonds. The number of nitrogens with zero attached hydrogens (tertiary/aromatic N) is 2. The molecule has 2 heterocycles. The Hall–Kier alpha value is -3.95. The Morgan fingerprint density at radius 2 is 1.53 bits per heavy atom. The molecule has 49 heavy (non-hydrogen) atoms. The number of hydrogen-bond acceptors (Lipinski definition) is 7. The number of ether oxygens (including phenoxy) is 1. The standard InChI is InChI=1S/C33H31F7N2O6S/c1-47-29(44)21-4-2-20(3-5-21)28(43)42-15-14-30(49(45,46)25-10-6-19(7-11-25)23-17-41-48-18-23)26-12-9-24(16-22(26)8-13-27(30)42)31(34,32(35,36)37)33(38,39)40/h6-7,9-12,16-18,20-21,27H,2-5,8,13-15H2,1H3. The van der Waals surface area contributed by atoms with Crippen LogP contribution in [0.25, 0.3) is 11.1 Å². The normalized spacial score (nSPS) is 24.7. The van der Waals surface area contributed by atoms with Crippen LogP contribution in [0.2, 0.25) is 0 Å². The number of rotatable bonds is 6. The van der Waals surface area contributed by atoms with Crippen LogP contribution in [0.5, 0.6) is 0 Å². The van der Waals surface area contributed by atoms with Gasteiger partial charge in [0.25, 0.3) is 0 Å². The van der Waals surface area contributed by atoms with Crippen molar-refractivity contribution in [1.82, 2.24) is 10.1 Å². The van der Waals surface area contributed by atoms with E-state index in [9.17, 15) is 44.3 Å². The number of halogens is 7. The maximum atomic E-state index is 15.1. The van der Waals surface area contributed by atoms with E-state index in [1.807, 2.05) is 0 Å². The van der Waals surface area contributed by atoms with Crippen LogP contribution in [0.1, 0.15) is 55.2 Å². The molecule has 2 fully saturated rings. The first-order valence-electron chi connectivity index (χ1n) is 15.6. The lowest BCUT2D eigenvalue weighted by Crippen LogP contribution is -2.53. The number of sulfone groups is 1. The van der Waals surface area contributed by atoms with E-state index >= 15 is 4.39 Å². The summed E-state index contributed by atoms with van der Waals surface area (Å²) < 4.78 is 135. The van der Waals surface area contributed by atoms with E-state index in [0.29, 0.717) is 48.9 Å². The quantitative estimate of drug-likeness (QED) is 0.204. The summed E-state index contributed by atoms with van der Waals surface area (Å²) in [6.45, 7) is -0.0578. The summed E-state index contributed by atoms with van der Waals surface area (Å²) in [5, 5.41) is 3.62. The van der Waals surface area contributed by atoms with Gasteiger partial charge in [-0.15, -0.1) is 0 Å². The molecule has 1 saturated heterocycles. The first-order valence-corrected chi connectivity index (χ1v) is 17.0. The first kappa shape index (κ1) is 34.9. The van der Waals surface area contributed by atoms with Crippen molar-refractivity contribution in [3.8, 4) is 11.1 Å². The number of aromatic nitrogens is 1. The first-order chi connectivity index (χ1) is 23.0. The zero-order chi connectivity index (χ0) is 35.6. The number of alkyl halides is 7. The molecule has 0 N–H and O–H groups in total. The lowest BCUT2D eigenvalue weighted by Gasteiger charge is -2.44. The van der Waals surface area contributed by atoms with Gasteiger partial charge in [-0.2, -0.15) is 26.3 Å². The maximum Gasteiger partial charge on any atom is 0.435 e. The molecule has 3 aliphatic rings. The Morgan fingerprint density at radius 1 is 0.898 bits per heavy atom. The molecule has 16 heteroatoms. The van der Waals surface area contributed by atoms with Gasteiger partial charge in [-0.1, -0.05) is 35.5 Å². The van der Waals surface area contributed by atoms with Crippen LogP contribution < -0.4 is 0 Å². The van der Waals surface area contributed by atoms with Gasteiger partial charge in [0.2, 0.25) is 5.91 Å². The summed E-state index contributed by atoms with van der Waals surface area (Å²) in [7, 11) is -3.24. The van der Waals surface area contributed by atoms with Crippen molar-refractivity contribution in [1.29, 1.82) is 0 Å². The van der Waals surface area contributed by atoms with Crippen LogP contribution >= 0.6 is 0 Å². The monoisotopic (exact) mass is 716 g/mol. The van der Waals surface area contributed by atoms with Crippen molar-refractivity contribution in [2.24, 2.45) is 11.8 Å². The minimum atomic E-state index is -6.35. The van der Waals surface area contributed by atoms with Gasteiger partial charge in [-0.25, -0.2) is 12.8 Å². The van der Waals surface area contributed by atoms with Gasteiger partial charge in [-0.3, -0.25) is 9.59 Å². The molecule has 1 saturated carbocycles. The number of aryl methyl sites for hydroxylation is 1. The predicted molar refractivity (Wildman–Crippen MR) is 158 cm³/mol. The second kappa shape index (κ2) is 12.1. The van der Waals surface area contributed by atoms with E-state index < -0.39 is 50.1 Å². The molecule has 1 aromatic heterocycles. The Morgan fingerprint density at radius 3 is 2.10 bits per heavy atom. The zero-order valence-electron chi connectivity index (χ0n) is 26.0. The molecule has 0 radical (unpaired) electrons. The third kappa shape index (κ3) is 5.40. The third-order valence-electron chi connectivity index (χ3n) is 10.4. The maximum absolute atomic E-state index is 15.1. The molecule has 1 aliphatic heterocycles. The van der Waals surface area contributed by atoms with Gasteiger partial charge in [-0.05, 0) is 73.8 Å². The topological polar surface area (TPSA) is 107 Å². The Labute approximate surface area is 276 Å². The average Bonchev–Trinajstić information content (AvgIpc) is 3.76. The highest BCUT2D eigenvalue weighted by atomic mass is 32.2. The van der Waals surface area contributed by atoms with E-state index in [2.05, 4.69) is 5.16 Å². The molecule has 2 unspecified atom stereocenters. The molecule has 2 atom stereocenters. The van der Waals surface area contributed by atoms with E-state index in [0.717, 1.165) is 6.07 Å². The molecular formula is C33H31F7N2O6S. The Balaban J connectivity index is 1.43. The minimum Gasteiger partial charge on any atom is -0.469 e. The fourth-order valence-corrected chi connectivity index (χ4v) is 10.2. The molecule has 2 aromatic carbocycles. The number of benzene rings is 2. The van der Waals surface area contributed by atoms with Crippen LogP contribution in [-0.4, -0.2) is 62.4 Å². The minimum absolute atomic E-state index is 0.0578. The summed E-state index contributed by atoms with van der Waals surface area (Å²) in [6.07, 6.45) is -9.00. The van der Waals surface area contributed by atoms with Crippen molar-refractivity contribution in [2.45, 2.75) is 78.7 Å². The summed E-state index contributed by atoms with van der Waals surface area (Å²) in [5.74, 6) is -1.63. The smallest absolute Gasteiger partial charge is 0.435 e. The van der Waals surface area contributed by atoms with E-state index in [1.54, 1.807) is 0 Å². The van der Waals surface area contributed by atoms with Gasteiger partial charge in [0.05, 0.1) is 30.2 Å². The van der Waals surface area contributed by atoms with Crippen LogP contribution in [0.3, 0.4) is 0 Å². The predicted octanol–water partition coefficient (Wildman–Crippen LogP) is 6.83. The molecule has 0 spiro atoms. The van der Waals surface area contributed by atoms with E-state index in [-0.39, 0.29) is 59.6 Å². The highest BCUT2D eigenvalue weighted by Crippen LogP contribution is 2.57. The van der Waals surface area contributed by atoms with Crippen LogP contribution in [0.15, 0.2) is 64.3 Å². The number of hydrogen-bond donors (Lipinski definition) is 0. The molecule has 6 rings (SSSR count). The van der Waals surface area contributed by atoms with Gasteiger partial charge in [0, 0.05) is 23.6 Å². The summed E-state index contributed by atoms with van der Waals surface area (Å²) in [6, 6.07) is 6.25. The van der Waals surface area contributed by atoms with Crippen molar-refractivity contribution in [3.05, 3.63) is 71.6 Å². The van der Waals surface area contributed by atoms with Crippen molar-refractivity contribution in [3.63, 3.8) is 0 Å². The lowest BCUT2D eigenvalue weighted by molar-refractivity contribution is -0.348. The van der Waals surface area contributed by atoms with Crippen molar-refractivity contribution in [2.75, 3.05) is 13.7 Å². The van der Waals surface area contributed by atoms with Gasteiger partial charge in [0.15, 0.2) is 9.84 Å². The zero-order valence-corrected chi connectivity index (χ0v) is 26.8. The SMILES string of the molecule is COC(=O)C1CCC(C(=O)N2CCC3(S(=O)(=O)c4ccc(-c5cnoc5)cc4)c4ccc(C(F)(C(F)(F)F)C(F)(F)F)cc4CCC23)CC1. The number of carbonyl (C=O) groups is 2. The molecule has 3 aromatic rings. The second-order valence-electron chi connectivity index (χ2n) is 12.8. The highest BCUT2D eigenvalue weighted by molar-refractivity contribution is 7.92. The number of likely N-dealkylation sites (tertiary alicyclic amines) is 1. The highest BCUT2D eigenvalue weighted by Gasteiger charge is 2.74. The number of esters is 1. The second-order valence-corrected chi connectivity index (χ2v) is 15.0. The van der Waals surface area contributed by atoms with Crippen LogP contribution in [0, 0.1) is 11.8 Å². The molecule has 8 nitrogen and oxygen atoms in total. The molecular weight excluding hydrogens is 685 g/mol. The van der Waals surface area contributed by atoms with E-state index in [4.69, 9.17) is 9.26 Å². The Bertz CT molecular complexity index is 1820. The van der Waals surface area contributed by atoms with E-state index in [1.165, 1.54) is 48.7 Å². The van der Waals surface area contributed by atoms with Gasteiger partial charge in [0.1, 0.15) is 11.0 Å². The number of amides is 1.